The normalized spacial score (nSPS) is 41.1. The second-order valence-corrected chi connectivity index (χ2v) is 12.2. The van der Waals surface area contributed by atoms with E-state index in [-0.39, 0.29) is 35.2 Å². The third-order valence-corrected chi connectivity index (χ3v) is 10.5. The first-order valence-electron chi connectivity index (χ1n) is 13.7. The van der Waals surface area contributed by atoms with Gasteiger partial charge in [-0.2, -0.15) is 0 Å². The summed E-state index contributed by atoms with van der Waals surface area (Å²) in [6, 6.07) is 0. The number of aliphatic hydroxyl groups excluding tert-OH is 1. The molecule has 5 heteroatoms. The number of carbonyl (C=O) groups excluding carboxylic acids is 3. The van der Waals surface area contributed by atoms with Crippen LogP contribution in [0.2, 0.25) is 0 Å². The SMILES string of the molecule is C[C@]12CCC(=O)C=C1CCC1C2CC[C@@]2(C)C1C[C@@H](C/C=C/C(=O)OCC1=CCCCC1=O)[C@@H]2O. The number of rotatable bonds is 5. The molecule has 0 aromatic heterocycles. The number of carbonyl (C=O) groups is 3. The van der Waals surface area contributed by atoms with Gasteiger partial charge in [-0.05, 0) is 98.4 Å². The van der Waals surface area contributed by atoms with Gasteiger partial charge < -0.3 is 9.84 Å². The van der Waals surface area contributed by atoms with Crippen LogP contribution in [0.3, 0.4) is 0 Å². The Morgan fingerprint density at radius 3 is 2.77 bits per heavy atom. The molecule has 0 aromatic carbocycles. The van der Waals surface area contributed by atoms with Crippen LogP contribution in [0, 0.1) is 34.5 Å². The third-order valence-electron chi connectivity index (χ3n) is 10.5. The van der Waals surface area contributed by atoms with Crippen LogP contribution in [0.25, 0.3) is 0 Å². The van der Waals surface area contributed by atoms with Crippen molar-refractivity contribution in [1.82, 2.24) is 0 Å². The Labute approximate surface area is 209 Å². The van der Waals surface area contributed by atoms with Crippen LogP contribution in [-0.4, -0.2) is 35.4 Å². The Kier molecular flexibility index (Phi) is 6.67. The minimum absolute atomic E-state index is 0.0536. The molecule has 5 rings (SSSR count). The van der Waals surface area contributed by atoms with E-state index in [0.717, 1.165) is 51.4 Å². The number of hydrogen-bond acceptors (Lipinski definition) is 5. The van der Waals surface area contributed by atoms with Gasteiger partial charge in [0.15, 0.2) is 11.6 Å². The highest BCUT2D eigenvalue weighted by molar-refractivity contribution is 5.96. The fourth-order valence-electron chi connectivity index (χ4n) is 8.43. The molecule has 0 spiro atoms. The maximum Gasteiger partial charge on any atom is 0.330 e. The molecule has 5 aliphatic carbocycles. The highest BCUT2D eigenvalue weighted by Crippen LogP contribution is 2.66. The number of ketones is 2. The molecule has 3 unspecified atom stereocenters. The Bertz CT molecular complexity index is 989. The van der Waals surface area contributed by atoms with Crippen molar-refractivity contribution in [2.75, 3.05) is 6.61 Å². The molecule has 0 aromatic rings. The van der Waals surface area contributed by atoms with Gasteiger partial charge in [-0.3, -0.25) is 9.59 Å². The number of aliphatic hydroxyl groups is 1. The van der Waals surface area contributed by atoms with E-state index in [4.69, 9.17) is 4.74 Å². The van der Waals surface area contributed by atoms with Crippen molar-refractivity contribution >= 4 is 17.5 Å². The van der Waals surface area contributed by atoms with Gasteiger partial charge >= 0.3 is 5.97 Å². The average Bonchev–Trinajstić information content (AvgIpc) is 3.09. The summed E-state index contributed by atoms with van der Waals surface area (Å²) in [4.78, 5) is 36.1. The van der Waals surface area contributed by atoms with Crippen molar-refractivity contribution in [3.8, 4) is 0 Å². The van der Waals surface area contributed by atoms with E-state index in [9.17, 15) is 19.5 Å². The number of ether oxygens (including phenoxy) is 1. The van der Waals surface area contributed by atoms with Crippen LogP contribution in [0.15, 0.2) is 35.5 Å². The Morgan fingerprint density at radius 2 is 1.97 bits per heavy atom. The average molecular weight is 481 g/mol. The highest BCUT2D eigenvalue weighted by Gasteiger charge is 2.60. The van der Waals surface area contributed by atoms with E-state index in [2.05, 4.69) is 13.8 Å². The number of esters is 1. The summed E-state index contributed by atoms with van der Waals surface area (Å²) in [5.41, 5.74) is 2.05. The van der Waals surface area contributed by atoms with Crippen molar-refractivity contribution in [3.63, 3.8) is 0 Å². The predicted octanol–water partition coefficient (Wildman–Crippen LogP) is 5.27. The summed E-state index contributed by atoms with van der Waals surface area (Å²) < 4.78 is 5.29. The molecule has 1 N–H and O–H groups in total. The molecule has 5 nitrogen and oxygen atoms in total. The van der Waals surface area contributed by atoms with E-state index in [0.29, 0.717) is 48.4 Å². The largest absolute Gasteiger partial charge is 0.458 e. The molecule has 7 atom stereocenters. The number of allylic oxidation sites excluding steroid dienone is 3. The summed E-state index contributed by atoms with van der Waals surface area (Å²) in [5, 5.41) is 11.4. The van der Waals surface area contributed by atoms with Gasteiger partial charge in [-0.15, -0.1) is 0 Å². The zero-order valence-electron chi connectivity index (χ0n) is 21.3. The first kappa shape index (κ1) is 24.7. The van der Waals surface area contributed by atoms with E-state index in [1.165, 1.54) is 11.6 Å². The van der Waals surface area contributed by atoms with Crippen LogP contribution in [-0.2, 0) is 19.1 Å². The standard InChI is InChI=1S/C30H40O5/c1-29-14-12-22(31)17-21(29)10-11-23-24(29)13-15-30(2)25(23)16-19(28(30)34)7-5-9-27(33)35-18-20-6-3-4-8-26(20)32/h5-6,9,17,19,23-25,28,34H,3-4,7-8,10-16,18H2,1-2H3/b9-5+/t19-,23?,24?,25?,28+,29+,30+/m1/s1. The zero-order chi connectivity index (χ0) is 24.8. The van der Waals surface area contributed by atoms with Crippen LogP contribution in [0.1, 0.15) is 84.5 Å². The van der Waals surface area contributed by atoms with E-state index in [1.807, 2.05) is 18.2 Å². The molecule has 3 saturated carbocycles. The Hall–Kier alpha value is -2.01. The lowest BCUT2D eigenvalue weighted by atomic mass is 9.47. The smallest absolute Gasteiger partial charge is 0.330 e. The fraction of sp³-hybridized carbons (Fsp3) is 0.700. The van der Waals surface area contributed by atoms with E-state index >= 15 is 0 Å². The van der Waals surface area contributed by atoms with Gasteiger partial charge in [0, 0.05) is 24.5 Å². The second-order valence-electron chi connectivity index (χ2n) is 12.2. The summed E-state index contributed by atoms with van der Waals surface area (Å²) in [5.74, 6) is 1.78. The lowest BCUT2D eigenvalue weighted by Crippen LogP contribution is -2.51. The summed E-state index contributed by atoms with van der Waals surface area (Å²) in [6.45, 7) is 4.72. The molecule has 3 fully saturated rings. The Morgan fingerprint density at radius 1 is 1.14 bits per heavy atom. The van der Waals surface area contributed by atoms with Gasteiger partial charge in [0.2, 0.25) is 0 Å². The second kappa shape index (κ2) is 9.46. The van der Waals surface area contributed by atoms with Crippen molar-refractivity contribution in [2.45, 2.75) is 90.6 Å². The van der Waals surface area contributed by atoms with Gasteiger partial charge in [-0.1, -0.05) is 31.6 Å². The molecule has 0 heterocycles. The first-order chi connectivity index (χ1) is 16.7. The maximum atomic E-state index is 12.2. The molecular formula is C30H40O5. The molecule has 190 valence electrons. The molecule has 0 radical (unpaired) electrons. The number of Topliss-reactive ketones (excluding diaryl/α,β-unsaturated/α-hetero) is 1. The minimum Gasteiger partial charge on any atom is -0.458 e. The van der Waals surface area contributed by atoms with Gasteiger partial charge in [0.05, 0.1) is 6.10 Å². The van der Waals surface area contributed by atoms with Gasteiger partial charge in [-0.25, -0.2) is 4.79 Å². The van der Waals surface area contributed by atoms with E-state index in [1.54, 1.807) is 0 Å². The first-order valence-corrected chi connectivity index (χ1v) is 13.7. The third kappa shape index (κ3) is 4.39. The molecule has 0 amide bonds. The van der Waals surface area contributed by atoms with Crippen molar-refractivity contribution in [3.05, 3.63) is 35.5 Å². The summed E-state index contributed by atoms with van der Waals surface area (Å²) in [7, 11) is 0. The van der Waals surface area contributed by atoms with Crippen LogP contribution in [0.4, 0.5) is 0 Å². The molecule has 35 heavy (non-hydrogen) atoms. The quantitative estimate of drug-likeness (QED) is 0.428. The topological polar surface area (TPSA) is 80.7 Å². The molecular weight excluding hydrogens is 440 g/mol. The number of hydrogen-bond donors (Lipinski definition) is 1. The van der Waals surface area contributed by atoms with Crippen molar-refractivity contribution in [2.24, 2.45) is 34.5 Å². The van der Waals surface area contributed by atoms with Crippen LogP contribution < -0.4 is 0 Å². The Balaban J connectivity index is 1.21. The fourth-order valence-corrected chi connectivity index (χ4v) is 8.43. The summed E-state index contributed by atoms with van der Waals surface area (Å²) >= 11 is 0. The van der Waals surface area contributed by atoms with Crippen molar-refractivity contribution in [1.29, 1.82) is 0 Å². The minimum atomic E-state index is -0.424. The highest BCUT2D eigenvalue weighted by atomic mass is 16.5. The van der Waals surface area contributed by atoms with Crippen LogP contribution >= 0.6 is 0 Å². The monoisotopic (exact) mass is 480 g/mol. The summed E-state index contributed by atoms with van der Waals surface area (Å²) in [6.07, 6.45) is 16.6. The molecule has 0 bridgehead atoms. The molecule has 0 aliphatic heterocycles. The predicted molar refractivity (Wildman–Crippen MR) is 133 cm³/mol. The van der Waals surface area contributed by atoms with Gasteiger partial charge in [0.1, 0.15) is 6.61 Å². The number of fused-ring (bicyclic) bond motifs is 5. The molecule has 5 aliphatic rings. The molecule has 0 saturated heterocycles. The van der Waals surface area contributed by atoms with Crippen molar-refractivity contribution < 1.29 is 24.2 Å². The maximum absolute atomic E-state index is 12.2. The zero-order valence-corrected chi connectivity index (χ0v) is 21.3. The lowest BCUT2D eigenvalue weighted by Gasteiger charge is -2.57. The van der Waals surface area contributed by atoms with E-state index < -0.39 is 5.97 Å². The lowest BCUT2D eigenvalue weighted by molar-refractivity contribution is -0.137. The van der Waals surface area contributed by atoms with Gasteiger partial charge in [0.25, 0.3) is 0 Å². The van der Waals surface area contributed by atoms with Crippen LogP contribution in [0.5, 0.6) is 0 Å².